The maximum atomic E-state index is 3.86. The van der Waals surface area contributed by atoms with Crippen LogP contribution in [0.5, 0.6) is 0 Å². The highest BCUT2D eigenvalue weighted by Gasteiger charge is 2.13. The summed E-state index contributed by atoms with van der Waals surface area (Å²) < 4.78 is 0. The van der Waals surface area contributed by atoms with Crippen LogP contribution in [0.3, 0.4) is 0 Å². The topological polar surface area (TPSA) is 0 Å². The summed E-state index contributed by atoms with van der Waals surface area (Å²) in [7, 11) is 0. The van der Waals surface area contributed by atoms with Gasteiger partial charge in [-0.2, -0.15) is 0 Å². The maximum absolute atomic E-state index is 3.86. The molecule has 0 unspecified atom stereocenters. The number of hydrogen-bond donors (Lipinski definition) is 0. The Hall–Kier alpha value is -2.08. The van der Waals surface area contributed by atoms with Crippen molar-refractivity contribution >= 4 is 12.2 Å². The second-order valence-corrected chi connectivity index (χ2v) is 5.14. The van der Waals surface area contributed by atoms with E-state index in [2.05, 4.69) is 49.6 Å². The van der Waals surface area contributed by atoms with Crippen molar-refractivity contribution < 1.29 is 0 Å². The van der Waals surface area contributed by atoms with E-state index in [4.69, 9.17) is 0 Å². The summed E-state index contributed by atoms with van der Waals surface area (Å²) >= 11 is 0. The van der Waals surface area contributed by atoms with Crippen molar-refractivity contribution in [2.75, 3.05) is 0 Å². The van der Waals surface area contributed by atoms with Crippen molar-refractivity contribution in [2.24, 2.45) is 0 Å². The highest BCUT2D eigenvalue weighted by atomic mass is 14.2. The van der Waals surface area contributed by atoms with Crippen LogP contribution in [0.15, 0.2) is 49.6 Å². The van der Waals surface area contributed by atoms with Gasteiger partial charge < -0.3 is 0 Å². The molecule has 0 aromatic heterocycles. The monoisotopic (exact) mass is 246 g/mol. The Bertz CT molecular complexity index is 590. The van der Waals surface area contributed by atoms with Crippen molar-refractivity contribution in [3.05, 3.63) is 82.9 Å². The molecule has 0 saturated heterocycles. The Labute approximate surface area is 115 Å². The van der Waals surface area contributed by atoms with Crippen LogP contribution in [0.25, 0.3) is 12.2 Å². The minimum Gasteiger partial charge on any atom is -0.0985 e. The van der Waals surface area contributed by atoms with Gasteiger partial charge in [0.25, 0.3) is 0 Å². The predicted molar refractivity (Wildman–Crippen MR) is 83.3 cm³/mol. The zero-order valence-electron chi connectivity index (χ0n) is 11.2. The van der Waals surface area contributed by atoms with E-state index in [1.54, 1.807) is 0 Å². The van der Waals surface area contributed by atoms with E-state index in [0.717, 1.165) is 19.3 Å². The number of rotatable bonds is 2. The molecule has 0 bridgehead atoms. The van der Waals surface area contributed by atoms with Gasteiger partial charge in [-0.3, -0.25) is 0 Å². The first-order chi connectivity index (χ1) is 9.30. The first kappa shape index (κ1) is 12.0. The second kappa shape index (κ2) is 4.89. The van der Waals surface area contributed by atoms with Crippen molar-refractivity contribution in [1.82, 2.24) is 0 Å². The fraction of sp³-hybridized carbons (Fsp3) is 0.158. The third-order valence-corrected chi connectivity index (χ3v) is 3.98. The molecule has 0 amide bonds. The number of aryl methyl sites for hydroxylation is 2. The summed E-state index contributed by atoms with van der Waals surface area (Å²) in [5.41, 5.74) is 8.25. The van der Waals surface area contributed by atoms with Gasteiger partial charge in [-0.05, 0) is 52.6 Å². The molecule has 0 nitrogen and oxygen atoms in total. The fourth-order valence-corrected chi connectivity index (χ4v) is 2.84. The van der Waals surface area contributed by atoms with Crippen molar-refractivity contribution in [3.63, 3.8) is 0 Å². The predicted octanol–water partition coefficient (Wildman–Crippen LogP) is 4.66. The van der Waals surface area contributed by atoms with E-state index in [1.807, 2.05) is 12.2 Å². The summed E-state index contributed by atoms with van der Waals surface area (Å²) in [4.78, 5) is 0. The summed E-state index contributed by atoms with van der Waals surface area (Å²) in [6.07, 6.45) is 7.13. The van der Waals surface area contributed by atoms with Crippen LogP contribution in [-0.4, -0.2) is 0 Å². The molecular weight excluding hydrogens is 228 g/mol. The SMILES string of the molecule is C=Cc1ccc2c(c1)Cc1cc(C=C)ccc1CC2. The summed E-state index contributed by atoms with van der Waals surface area (Å²) in [6, 6.07) is 13.4. The van der Waals surface area contributed by atoms with Gasteiger partial charge in [-0.25, -0.2) is 0 Å². The molecule has 1 aliphatic rings. The van der Waals surface area contributed by atoms with Crippen molar-refractivity contribution in [2.45, 2.75) is 19.3 Å². The molecule has 0 spiro atoms. The van der Waals surface area contributed by atoms with Gasteiger partial charge in [0.05, 0.1) is 0 Å². The Morgan fingerprint density at radius 3 is 1.58 bits per heavy atom. The minimum atomic E-state index is 1.02. The lowest BCUT2D eigenvalue weighted by Gasteiger charge is -2.08. The fourth-order valence-electron chi connectivity index (χ4n) is 2.84. The van der Waals surface area contributed by atoms with Crippen molar-refractivity contribution in [3.8, 4) is 0 Å². The van der Waals surface area contributed by atoms with Gasteiger partial charge in [0.2, 0.25) is 0 Å². The maximum Gasteiger partial charge on any atom is -0.00199 e. The standard InChI is InChI=1S/C19H18/c1-3-14-5-7-16-9-10-17-8-6-15(4-2)12-19(17)13-18(16)11-14/h3-8,11-12H,1-2,9-10,13H2. The summed E-state index contributed by atoms with van der Waals surface area (Å²) in [5.74, 6) is 0. The number of fused-ring (bicyclic) bond motifs is 2. The molecule has 0 N–H and O–H groups in total. The first-order valence-electron chi connectivity index (χ1n) is 6.78. The highest BCUT2D eigenvalue weighted by Crippen LogP contribution is 2.26. The smallest absolute Gasteiger partial charge is 0.00199 e. The van der Waals surface area contributed by atoms with Crippen molar-refractivity contribution in [1.29, 1.82) is 0 Å². The largest absolute Gasteiger partial charge is 0.0985 e. The minimum absolute atomic E-state index is 1.02. The molecule has 0 heteroatoms. The second-order valence-electron chi connectivity index (χ2n) is 5.14. The van der Waals surface area contributed by atoms with E-state index < -0.39 is 0 Å². The third-order valence-electron chi connectivity index (χ3n) is 3.98. The summed E-state index contributed by atoms with van der Waals surface area (Å²) in [5, 5.41) is 0. The quantitative estimate of drug-likeness (QED) is 0.723. The van der Waals surface area contributed by atoms with Gasteiger partial charge in [0, 0.05) is 0 Å². The third kappa shape index (κ3) is 2.26. The molecular formula is C19H18. The lowest BCUT2D eigenvalue weighted by Crippen LogP contribution is -1.93. The number of hydrogen-bond acceptors (Lipinski definition) is 0. The van der Waals surface area contributed by atoms with Crippen LogP contribution < -0.4 is 0 Å². The molecule has 0 aliphatic heterocycles. The highest BCUT2D eigenvalue weighted by molar-refractivity contribution is 5.54. The van der Waals surface area contributed by atoms with Gasteiger partial charge in [0.1, 0.15) is 0 Å². The number of benzene rings is 2. The van der Waals surface area contributed by atoms with E-state index >= 15 is 0 Å². The van der Waals surface area contributed by atoms with E-state index in [0.29, 0.717) is 0 Å². The van der Waals surface area contributed by atoms with Crippen LogP contribution >= 0.6 is 0 Å². The Morgan fingerprint density at radius 2 is 1.16 bits per heavy atom. The molecule has 0 heterocycles. The molecule has 0 fully saturated rings. The van der Waals surface area contributed by atoms with E-state index in [1.165, 1.54) is 33.4 Å². The lowest BCUT2D eigenvalue weighted by atomic mass is 9.97. The zero-order valence-corrected chi connectivity index (χ0v) is 11.2. The Balaban J connectivity index is 2.07. The molecule has 2 aromatic carbocycles. The van der Waals surface area contributed by atoms with Crippen LogP contribution in [0.2, 0.25) is 0 Å². The van der Waals surface area contributed by atoms with Gasteiger partial charge >= 0.3 is 0 Å². The Kier molecular flexibility index (Phi) is 3.08. The van der Waals surface area contributed by atoms with Gasteiger partial charge in [0.15, 0.2) is 0 Å². The van der Waals surface area contributed by atoms with Gasteiger partial charge in [-0.1, -0.05) is 61.7 Å². The Morgan fingerprint density at radius 1 is 0.684 bits per heavy atom. The van der Waals surface area contributed by atoms with E-state index in [-0.39, 0.29) is 0 Å². The van der Waals surface area contributed by atoms with Crippen LogP contribution in [0, 0.1) is 0 Å². The average molecular weight is 246 g/mol. The normalized spacial score (nSPS) is 13.1. The molecule has 94 valence electrons. The molecule has 0 saturated carbocycles. The van der Waals surface area contributed by atoms with Crippen LogP contribution in [0.1, 0.15) is 33.4 Å². The molecule has 19 heavy (non-hydrogen) atoms. The van der Waals surface area contributed by atoms with Gasteiger partial charge in [-0.15, -0.1) is 0 Å². The van der Waals surface area contributed by atoms with Crippen LogP contribution in [0.4, 0.5) is 0 Å². The first-order valence-corrected chi connectivity index (χ1v) is 6.78. The molecule has 1 aliphatic carbocycles. The van der Waals surface area contributed by atoms with Crippen LogP contribution in [-0.2, 0) is 19.3 Å². The van der Waals surface area contributed by atoms with E-state index in [9.17, 15) is 0 Å². The zero-order chi connectivity index (χ0) is 13.2. The molecule has 2 aromatic rings. The molecule has 0 atom stereocenters. The summed E-state index contributed by atoms with van der Waals surface area (Å²) in [6.45, 7) is 7.72. The lowest BCUT2D eigenvalue weighted by molar-refractivity contribution is 0.965. The average Bonchev–Trinajstić information content (AvgIpc) is 2.64. The molecule has 0 radical (unpaired) electrons. The molecule has 3 rings (SSSR count).